The zero-order chi connectivity index (χ0) is 18.0. The van der Waals surface area contributed by atoms with Gasteiger partial charge in [0.15, 0.2) is 5.13 Å². The Morgan fingerprint density at radius 1 is 1.32 bits per heavy atom. The molecule has 3 rings (SSSR count). The van der Waals surface area contributed by atoms with E-state index in [1.807, 2.05) is 12.4 Å². The molecule has 134 valence electrons. The van der Waals surface area contributed by atoms with Crippen molar-refractivity contribution in [2.45, 2.75) is 44.2 Å². The van der Waals surface area contributed by atoms with Crippen LogP contribution in [0.2, 0.25) is 0 Å². The third kappa shape index (κ3) is 3.61. The number of thiazole rings is 1. The number of amides is 1. The average Bonchev–Trinajstić information content (AvgIpc) is 3.03. The number of likely N-dealkylation sites (N-methyl/N-ethyl adjacent to an activating group) is 1. The number of nitrogens with one attached hydrogen (secondary N) is 2. The SMILES string of the molecule is CNC1(C(=O)Nc2nc(-c3ccc(C(C)C)cc3)cs2)CC(OC)C1. The lowest BCUT2D eigenvalue weighted by Gasteiger charge is -2.44. The highest BCUT2D eigenvalue weighted by Gasteiger charge is 2.49. The topological polar surface area (TPSA) is 63.2 Å². The van der Waals surface area contributed by atoms with E-state index >= 15 is 0 Å². The molecule has 25 heavy (non-hydrogen) atoms. The average molecular weight is 359 g/mol. The molecule has 0 atom stereocenters. The Kier molecular flexibility index (Phi) is 5.22. The standard InChI is InChI=1S/C19H25N3O2S/c1-12(2)13-5-7-14(8-6-13)16-11-25-18(21-16)22-17(23)19(20-3)9-15(10-19)24-4/h5-8,11-12,15,20H,9-10H2,1-4H3,(H,21,22,23). The maximum Gasteiger partial charge on any atom is 0.246 e. The van der Waals surface area contributed by atoms with Crippen LogP contribution in [0.25, 0.3) is 11.3 Å². The fraction of sp³-hybridized carbons (Fsp3) is 0.474. The summed E-state index contributed by atoms with van der Waals surface area (Å²) >= 11 is 1.45. The molecule has 2 aromatic rings. The monoisotopic (exact) mass is 359 g/mol. The summed E-state index contributed by atoms with van der Waals surface area (Å²) in [7, 11) is 3.49. The van der Waals surface area contributed by atoms with E-state index in [0.29, 0.717) is 23.9 Å². The van der Waals surface area contributed by atoms with Gasteiger partial charge in [-0.2, -0.15) is 0 Å². The molecule has 1 saturated carbocycles. The van der Waals surface area contributed by atoms with Crippen LogP contribution < -0.4 is 10.6 Å². The largest absolute Gasteiger partial charge is 0.381 e. The highest BCUT2D eigenvalue weighted by atomic mass is 32.1. The Hall–Kier alpha value is -1.76. The van der Waals surface area contributed by atoms with Gasteiger partial charge in [-0.05, 0) is 18.5 Å². The molecular formula is C19H25N3O2S. The van der Waals surface area contributed by atoms with E-state index in [1.54, 1.807) is 7.11 Å². The maximum absolute atomic E-state index is 12.6. The molecule has 1 aromatic heterocycles. The van der Waals surface area contributed by atoms with Crippen LogP contribution in [0.5, 0.6) is 0 Å². The van der Waals surface area contributed by atoms with Gasteiger partial charge < -0.3 is 15.4 Å². The second-order valence-electron chi connectivity index (χ2n) is 6.87. The number of hydrogen-bond acceptors (Lipinski definition) is 5. The van der Waals surface area contributed by atoms with Crippen molar-refractivity contribution >= 4 is 22.4 Å². The second-order valence-corrected chi connectivity index (χ2v) is 7.72. The summed E-state index contributed by atoms with van der Waals surface area (Å²) in [6, 6.07) is 8.43. The van der Waals surface area contributed by atoms with Crippen molar-refractivity contribution in [1.29, 1.82) is 0 Å². The molecule has 0 aliphatic heterocycles. The Morgan fingerprint density at radius 3 is 2.56 bits per heavy atom. The predicted octanol–water partition coefficient (Wildman–Crippen LogP) is 3.64. The van der Waals surface area contributed by atoms with Crippen LogP contribution in [0.3, 0.4) is 0 Å². The maximum atomic E-state index is 12.6. The molecule has 0 unspecified atom stereocenters. The Bertz CT molecular complexity index is 733. The molecule has 6 heteroatoms. The number of carbonyl (C=O) groups is 1. The van der Waals surface area contributed by atoms with Crippen LogP contribution in [0.1, 0.15) is 38.2 Å². The van der Waals surface area contributed by atoms with Gasteiger partial charge in [0.2, 0.25) is 5.91 Å². The number of ether oxygens (including phenoxy) is 1. The van der Waals surface area contributed by atoms with Crippen molar-refractivity contribution in [2.24, 2.45) is 0 Å². The van der Waals surface area contributed by atoms with Gasteiger partial charge >= 0.3 is 0 Å². The van der Waals surface area contributed by atoms with Crippen molar-refractivity contribution in [2.75, 3.05) is 19.5 Å². The molecule has 5 nitrogen and oxygen atoms in total. The minimum atomic E-state index is -0.550. The molecule has 2 N–H and O–H groups in total. The minimum absolute atomic E-state index is 0.0423. The van der Waals surface area contributed by atoms with E-state index in [1.165, 1.54) is 16.9 Å². The summed E-state index contributed by atoms with van der Waals surface area (Å²) in [6.45, 7) is 4.36. The molecule has 1 amide bonds. The molecule has 1 heterocycles. The molecule has 0 radical (unpaired) electrons. The van der Waals surface area contributed by atoms with Crippen molar-refractivity contribution in [3.8, 4) is 11.3 Å². The second kappa shape index (κ2) is 7.23. The fourth-order valence-corrected chi connectivity index (χ4v) is 3.82. The van der Waals surface area contributed by atoms with Crippen LogP contribution in [-0.2, 0) is 9.53 Å². The number of benzene rings is 1. The van der Waals surface area contributed by atoms with Gasteiger partial charge in [-0.25, -0.2) is 4.98 Å². The summed E-state index contributed by atoms with van der Waals surface area (Å²) in [4.78, 5) is 17.2. The highest BCUT2D eigenvalue weighted by molar-refractivity contribution is 7.14. The van der Waals surface area contributed by atoms with Gasteiger partial charge in [0.1, 0.15) is 5.54 Å². The van der Waals surface area contributed by atoms with Gasteiger partial charge in [-0.15, -0.1) is 11.3 Å². The van der Waals surface area contributed by atoms with Crippen molar-refractivity contribution in [3.05, 3.63) is 35.2 Å². The predicted molar refractivity (Wildman–Crippen MR) is 102 cm³/mol. The Balaban J connectivity index is 1.68. The number of aromatic nitrogens is 1. The first-order valence-electron chi connectivity index (χ1n) is 8.56. The van der Waals surface area contributed by atoms with Crippen LogP contribution in [0, 0.1) is 0 Å². The van der Waals surface area contributed by atoms with Crippen molar-refractivity contribution < 1.29 is 9.53 Å². The van der Waals surface area contributed by atoms with Crippen molar-refractivity contribution in [1.82, 2.24) is 10.3 Å². The first-order chi connectivity index (χ1) is 12.0. The van der Waals surface area contributed by atoms with Crippen molar-refractivity contribution in [3.63, 3.8) is 0 Å². The summed E-state index contributed by atoms with van der Waals surface area (Å²) in [5, 5.41) is 8.69. The highest BCUT2D eigenvalue weighted by Crippen LogP contribution is 2.35. The molecule has 1 fully saturated rings. The Labute approximate surface area is 152 Å². The molecule has 1 aromatic carbocycles. The van der Waals surface area contributed by atoms with Gasteiger partial charge in [0.05, 0.1) is 11.8 Å². The molecule has 0 spiro atoms. The molecule has 1 aliphatic carbocycles. The fourth-order valence-electron chi connectivity index (χ4n) is 3.11. The third-order valence-electron chi connectivity index (χ3n) is 5.00. The minimum Gasteiger partial charge on any atom is -0.381 e. The lowest BCUT2D eigenvalue weighted by atomic mass is 9.73. The number of rotatable bonds is 6. The summed E-state index contributed by atoms with van der Waals surface area (Å²) in [5.74, 6) is 0.467. The number of hydrogen-bond donors (Lipinski definition) is 2. The Morgan fingerprint density at radius 2 is 2.00 bits per heavy atom. The lowest BCUT2D eigenvalue weighted by Crippen LogP contribution is -2.63. The molecular weight excluding hydrogens is 334 g/mol. The lowest BCUT2D eigenvalue weighted by molar-refractivity contribution is -0.132. The van der Waals surface area contributed by atoms with Crippen LogP contribution in [-0.4, -0.2) is 36.7 Å². The van der Waals surface area contributed by atoms with E-state index in [2.05, 4.69) is 53.7 Å². The zero-order valence-electron chi connectivity index (χ0n) is 15.1. The summed E-state index contributed by atoms with van der Waals surface area (Å²) in [6.07, 6.45) is 1.51. The van der Waals surface area contributed by atoms with Crippen LogP contribution in [0.4, 0.5) is 5.13 Å². The van der Waals surface area contributed by atoms with E-state index in [0.717, 1.165) is 11.3 Å². The smallest absolute Gasteiger partial charge is 0.246 e. The first-order valence-corrected chi connectivity index (χ1v) is 9.44. The normalized spacial score (nSPS) is 22.7. The quantitative estimate of drug-likeness (QED) is 0.826. The number of nitrogens with zero attached hydrogens (tertiary/aromatic N) is 1. The molecule has 0 bridgehead atoms. The number of methoxy groups -OCH3 is 1. The summed E-state index contributed by atoms with van der Waals surface area (Å²) < 4.78 is 5.30. The number of carbonyl (C=O) groups excluding carboxylic acids is 1. The van der Waals surface area contributed by atoms with Gasteiger partial charge in [0, 0.05) is 30.9 Å². The van der Waals surface area contributed by atoms with E-state index in [-0.39, 0.29) is 12.0 Å². The molecule has 1 aliphatic rings. The third-order valence-corrected chi connectivity index (χ3v) is 5.75. The van der Waals surface area contributed by atoms with E-state index < -0.39 is 5.54 Å². The van der Waals surface area contributed by atoms with E-state index in [4.69, 9.17) is 4.74 Å². The zero-order valence-corrected chi connectivity index (χ0v) is 15.9. The van der Waals surface area contributed by atoms with Gasteiger partial charge in [-0.3, -0.25) is 4.79 Å². The van der Waals surface area contributed by atoms with Crippen LogP contribution in [0.15, 0.2) is 29.6 Å². The number of anilines is 1. The molecule has 0 saturated heterocycles. The van der Waals surface area contributed by atoms with Crippen LogP contribution >= 0.6 is 11.3 Å². The van der Waals surface area contributed by atoms with Gasteiger partial charge in [0.25, 0.3) is 0 Å². The van der Waals surface area contributed by atoms with Gasteiger partial charge in [-0.1, -0.05) is 38.1 Å². The summed E-state index contributed by atoms with van der Waals surface area (Å²) in [5.41, 5.74) is 2.71. The van der Waals surface area contributed by atoms with E-state index in [9.17, 15) is 4.79 Å². The first kappa shape index (κ1) is 18.0.